The van der Waals surface area contributed by atoms with E-state index in [0.717, 1.165) is 28.6 Å². The smallest absolute Gasteiger partial charge is 0.414 e. The lowest BCUT2D eigenvalue weighted by atomic mass is 10.1. The fourth-order valence-corrected chi connectivity index (χ4v) is 2.83. The highest BCUT2D eigenvalue weighted by atomic mass is 35.5. The summed E-state index contributed by atoms with van der Waals surface area (Å²) in [5.74, 6) is 0. The Bertz CT molecular complexity index is 774. The molecule has 0 saturated heterocycles. The topological polar surface area (TPSA) is 62.4 Å². The van der Waals surface area contributed by atoms with E-state index in [4.69, 9.17) is 16.3 Å². The molecule has 0 bridgehead atoms. The Balaban J connectivity index is 2.00. The third kappa shape index (κ3) is 2.57. The minimum Gasteiger partial charge on any atom is -0.443 e. The van der Waals surface area contributed by atoms with Crippen LogP contribution in [0.4, 0.5) is 10.5 Å². The predicted molar refractivity (Wildman–Crippen MR) is 85.8 cm³/mol. The zero-order chi connectivity index (χ0) is 16.1. The van der Waals surface area contributed by atoms with Crippen LogP contribution in [-0.2, 0) is 11.2 Å². The molecule has 0 aliphatic carbocycles. The number of ether oxygens (including phenoxy) is 1. The summed E-state index contributed by atoms with van der Waals surface area (Å²) >= 11 is 5.52. The summed E-state index contributed by atoms with van der Waals surface area (Å²) in [6.07, 6.45) is 0.370. The Morgan fingerprint density at radius 1 is 1.32 bits per heavy atom. The molecular weight excluding hydrogens is 304 g/mol. The average Bonchev–Trinajstić information content (AvgIpc) is 2.99. The number of aromatic nitrogens is 1. The molecule has 116 valence electrons. The molecule has 6 heteroatoms. The van der Waals surface area contributed by atoms with E-state index >= 15 is 0 Å². The highest BCUT2D eigenvalue weighted by molar-refractivity contribution is 6.67. The summed E-state index contributed by atoms with van der Waals surface area (Å²) in [6, 6.07) is 5.45. The summed E-state index contributed by atoms with van der Waals surface area (Å²) in [5.41, 5.74) is 2.53. The average molecular weight is 321 g/mol. The van der Waals surface area contributed by atoms with E-state index in [-0.39, 0.29) is 6.09 Å². The monoisotopic (exact) mass is 320 g/mol. The van der Waals surface area contributed by atoms with Gasteiger partial charge >= 0.3 is 6.09 Å². The van der Waals surface area contributed by atoms with E-state index in [0.29, 0.717) is 12.2 Å². The minimum absolute atomic E-state index is 0.352. The number of hydrogen-bond donors (Lipinski definition) is 1. The lowest BCUT2D eigenvalue weighted by molar-refractivity contribution is 0.0584. The van der Waals surface area contributed by atoms with Crippen molar-refractivity contribution in [1.29, 1.82) is 0 Å². The van der Waals surface area contributed by atoms with E-state index < -0.39 is 10.8 Å². The van der Waals surface area contributed by atoms with Crippen molar-refractivity contribution in [3.05, 3.63) is 29.5 Å². The van der Waals surface area contributed by atoms with Gasteiger partial charge in [-0.2, -0.15) is 0 Å². The first-order valence-corrected chi connectivity index (χ1v) is 7.49. The molecule has 1 amide bonds. The molecule has 1 aromatic carbocycles. The van der Waals surface area contributed by atoms with Crippen LogP contribution < -0.4 is 4.90 Å². The molecule has 22 heavy (non-hydrogen) atoms. The van der Waals surface area contributed by atoms with Crippen molar-refractivity contribution < 1.29 is 14.3 Å². The molecule has 0 fully saturated rings. The third-order valence-electron chi connectivity index (χ3n) is 3.59. The van der Waals surface area contributed by atoms with E-state index in [1.165, 1.54) is 0 Å². The Labute approximate surface area is 133 Å². The number of nitrogens with one attached hydrogen (secondary N) is 1. The van der Waals surface area contributed by atoms with Crippen molar-refractivity contribution >= 4 is 39.5 Å². The molecule has 1 N–H and O–H groups in total. The molecular formula is C16H17ClN2O3. The van der Waals surface area contributed by atoms with E-state index in [9.17, 15) is 9.59 Å². The van der Waals surface area contributed by atoms with Gasteiger partial charge in [-0.3, -0.25) is 9.69 Å². The normalized spacial score (nSPS) is 14.3. The number of carbonyl (C=O) groups excluding carboxylic acids is 2. The number of benzene rings is 1. The van der Waals surface area contributed by atoms with Crippen LogP contribution in [0.2, 0.25) is 0 Å². The van der Waals surface area contributed by atoms with Gasteiger partial charge in [-0.15, -0.1) is 0 Å². The second kappa shape index (κ2) is 5.02. The van der Waals surface area contributed by atoms with Gasteiger partial charge in [0.25, 0.3) is 5.24 Å². The number of amides is 1. The molecule has 0 unspecified atom stereocenters. The lowest BCUT2D eigenvalue weighted by Crippen LogP contribution is -2.35. The number of carbonyl (C=O) groups is 2. The maximum Gasteiger partial charge on any atom is 0.414 e. The molecule has 2 aromatic rings. The summed E-state index contributed by atoms with van der Waals surface area (Å²) < 4.78 is 5.44. The number of H-pyrrole nitrogens is 1. The zero-order valence-corrected chi connectivity index (χ0v) is 13.5. The SMILES string of the molecule is CC(C)(C)OC(=O)N1CCc2c1ccc1[nH]c(C(=O)Cl)cc21. The number of nitrogens with zero attached hydrogens (tertiary/aromatic N) is 1. The molecule has 5 nitrogen and oxygen atoms in total. The predicted octanol–water partition coefficient (Wildman–Crippen LogP) is 3.84. The first kappa shape index (κ1) is 14.9. The zero-order valence-electron chi connectivity index (χ0n) is 12.7. The molecule has 0 atom stereocenters. The highest BCUT2D eigenvalue weighted by Crippen LogP contribution is 2.35. The van der Waals surface area contributed by atoms with Gasteiger partial charge in [0, 0.05) is 17.4 Å². The Morgan fingerprint density at radius 2 is 2.05 bits per heavy atom. The molecule has 0 saturated carbocycles. The van der Waals surface area contributed by atoms with Crippen molar-refractivity contribution in [3.8, 4) is 0 Å². The maximum atomic E-state index is 12.3. The molecule has 1 aliphatic rings. The van der Waals surface area contributed by atoms with Crippen molar-refractivity contribution in [1.82, 2.24) is 4.98 Å². The van der Waals surface area contributed by atoms with Gasteiger partial charge in [0.15, 0.2) is 0 Å². The second-order valence-electron chi connectivity index (χ2n) is 6.36. The molecule has 2 heterocycles. The van der Waals surface area contributed by atoms with Crippen LogP contribution in [0.3, 0.4) is 0 Å². The highest BCUT2D eigenvalue weighted by Gasteiger charge is 2.30. The van der Waals surface area contributed by atoms with Gasteiger partial charge in [0.1, 0.15) is 5.60 Å². The number of anilines is 1. The van der Waals surface area contributed by atoms with Crippen LogP contribution >= 0.6 is 11.6 Å². The van der Waals surface area contributed by atoms with Crippen LogP contribution in [-0.4, -0.2) is 28.5 Å². The molecule has 1 aromatic heterocycles. The van der Waals surface area contributed by atoms with Gasteiger partial charge in [0.05, 0.1) is 11.4 Å². The van der Waals surface area contributed by atoms with Gasteiger partial charge in [-0.25, -0.2) is 4.79 Å². The quantitative estimate of drug-likeness (QED) is 0.812. The summed E-state index contributed by atoms with van der Waals surface area (Å²) in [6.45, 7) is 6.10. The van der Waals surface area contributed by atoms with Crippen molar-refractivity contribution in [3.63, 3.8) is 0 Å². The van der Waals surface area contributed by atoms with Gasteiger partial charge in [-0.05, 0) is 62.6 Å². The van der Waals surface area contributed by atoms with Crippen molar-refractivity contribution in [2.45, 2.75) is 32.8 Å². The van der Waals surface area contributed by atoms with Crippen LogP contribution in [0.1, 0.15) is 36.8 Å². The Kier molecular flexibility index (Phi) is 3.40. The van der Waals surface area contributed by atoms with Crippen molar-refractivity contribution in [2.75, 3.05) is 11.4 Å². The first-order valence-electron chi connectivity index (χ1n) is 7.11. The number of halogens is 1. The van der Waals surface area contributed by atoms with Gasteiger partial charge in [-0.1, -0.05) is 0 Å². The summed E-state index contributed by atoms with van der Waals surface area (Å²) in [7, 11) is 0. The number of hydrogen-bond acceptors (Lipinski definition) is 3. The third-order valence-corrected chi connectivity index (χ3v) is 3.80. The number of rotatable bonds is 1. The van der Waals surface area contributed by atoms with E-state index in [1.54, 1.807) is 11.0 Å². The summed E-state index contributed by atoms with van der Waals surface area (Å²) in [4.78, 5) is 28.2. The Hall–Kier alpha value is -2.01. The fourth-order valence-electron chi connectivity index (χ4n) is 2.72. The lowest BCUT2D eigenvalue weighted by Gasteiger charge is -2.24. The molecule has 3 rings (SSSR count). The largest absolute Gasteiger partial charge is 0.443 e. The number of aromatic amines is 1. The molecule has 1 aliphatic heterocycles. The minimum atomic E-state index is -0.532. The van der Waals surface area contributed by atoms with Crippen LogP contribution in [0.15, 0.2) is 18.2 Å². The standard InChI is InChI=1S/C16H17ClN2O3/c1-16(2,3)22-15(21)19-7-6-9-10-8-12(14(17)20)18-11(10)4-5-13(9)19/h4-5,8,18H,6-7H2,1-3H3. The first-order chi connectivity index (χ1) is 10.3. The molecule has 0 radical (unpaired) electrons. The van der Waals surface area contributed by atoms with Crippen molar-refractivity contribution in [2.24, 2.45) is 0 Å². The van der Waals surface area contributed by atoms with E-state index in [1.807, 2.05) is 32.9 Å². The van der Waals surface area contributed by atoms with Crippen LogP contribution in [0, 0.1) is 0 Å². The maximum absolute atomic E-state index is 12.3. The van der Waals surface area contributed by atoms with Gasteiger partial charge < -0.3 is 9.72 Å². The Morgan fingerprint density at radius 3 is 2.68 bits per heavy atom. The van der Waals surface area contributed by atoms with Crippen LogP contribution in [0.5, 0.6) is 0 Å². The second-order valence-corrected chi connectivity index (χ2v) is 6.71. The summed E-state index contributed by atoms with van der Waals surface area (Å²) in [5, 5.41) is 0.402. The molecule has 0 spiro atoms. The van der Waals surface area contributed by atoms with Crippen LogP contribution in [0.25, 0.3) is 10.9 Å². The van der Waals surface area contributed by atoms with Gasteiger partial charge in [0.2, 0.25) is 0 Å². The number of fused-ring (bicyclic) bond motifs is 3. The fraction of sp³-hybridized carbons (Fsp3) is 0.375. The van der Waals surface area contributed by atoms with E-state index in [2.05, 4.69) is 4.98 Å².